The van der Waals surface area contributed by atoms with Crippen molar-refractivity contribution in [1.82, 2.24) is 9.97 Å². The van der Waals surface area contributed by atoms with E-state index in [1.807, 2.05) is 0 Å². The lowest BCUT2D eigenvalue weighted by Gasteiger charge is -2.22. The minimum absolute atomic E-state index is 0.105. The Labute approximate surface area is 204 Å². The van der Waals surface area contributed by atoms with Gasteiger partial charge in [-0.1, -0.05) is 6.07 Å². The van der Waals surface area contributed by atoms with Crippen molar-refractivity contribution in [2.24, 2.45) is 0 Å². The Morgan fingerprint density at radius 3 is 2.39 bits per heavy atom. The fourth-order valence-corrected chi connectivity index (χ4v) is 4.20. The number of H-pyrrole nitrogens is 2. The first-order valence-electron chi connectivity index (χ1n) is 10.9. The van der Waals surface area contributed by atoms with Crippen LogP contribution in [0.2, 0.25) is 0 Å². The highest BCUT2D eigenvalue weighted by atomic mass is 16.5. The molecule has 11 nitrogen and oxygen atoms in total. The second-order valence-electron chi connectivity index (χ2n) is 8.01. The van der Waals surface area contributed by atoms with E-state index in [0.29, 0.717) is 28.0 Å². The SMILES string of the molecule is COc1ccc([C@H](CC(=O)Nc2ccc3[nH]c(=O)[nH]c3c2)c2c(O)cc(C)oc2=O)c(OC)c1OC. The molecule has 0 saturated heterocycles. The van der Waals surface area contributed by atoms with Gasteiger partial charge < -0.3 is 39.0 Å². The Morgan fingerprint density at radius 1 is 1.00 bits per heavy atom. The fourth-order valence-electron chi connectivity index (χ4n) is 4.20. The van der Waals surface area contributed by atoms with Gasteiger partial charge in [0.05, 0.1) is 37.9 Å². The van der Waals surface area contributed by atoms with Crippen molar-refractivity contribution in [2.45, 2.75) is 19.3 Å². The van der Waals surface area contributed by atoms with Crippen molar-refractivity contribution < 1.29 is 28.5 Å². The molecule has 1 atom stereocenters. The van der Waals surface area contributed by atoms with E-state index in [2.05, 4.69) is 15.3 Å². The van der Waals surface area contributed by atoms with Crippen LogP contribution in [0.1, 0.15) is 29.2 Å². The van der Waals surface area contributed by atoms with Crippen molar-refractivity contribution in [3.63, 3.8) is 0 Å². The summed E-state index contributed by atoms with van der Waals surface area (Å²) >= 11 is 0. The summed E-state index contributed by atoms with van der Waals surface area (Å²) in [6.07, 6.45) is -0.255. The number of benzene rings is 2. The highest BCUT2D eigenvalue weighted by Gasteiger charge is 2.30. The van der Waals surface area contributed by atoms with Crippen LogP contribution in [-0.2, 0) is 4.79 Å². The number of nitrogens with one attached hydrogen (secondary N) is 3. The number of aryl methyl sites for hydroxylation is 1. The molecule has 0 aliphatic rings. The number of hydrogen-bond acceptors (Lipinski definition) is 8. The van der Waals surface area contributed by atoms with E-state index in [-0.39, 0.29) is 40.7 Å². The number of amides is 1. The van der Waals surface area contributed by atoms with E-state index in [1.165, 1.54) is 34.3 Å². The van der Waals surface area contributed by atoms with Gasteiger partial charge in [0.25, 0.3) is 0 Å². The number of carbonyl (C=O) groups excluding carboxylic acids is 1. The maximum atomic E-state index is 13.2. The minimum Gasteiger partial charge on any atom is -0.507 e. The standard InChI is InChI=1S/C25H25N3O8/c1-12-9-18(29)21(24(31)36-12)15(14-6-8-19(33-2)23(35-4)22(14)34-3)11-20(30)26-13-5-7-16-17(10-13)28-25(32)27-16/h5-10,15,29H,11H2,1-4H3,(H,26,30)(H2,27,28,32)/t15-/m0/s1. The summed E-state index contributed by atoms with van der Waals surface area (Å²) in [4.78, 5) is 42.8. The topological polar surface area (TPSA) is 156 Å². The number of rotatable bonds is 8. The van der Waals surface area contributed by atoms with E-state index >= 15 is 0 Å². The summed E-state index contributed by atoms with van der Waals surface area (Å²) in [5, 5.41) is 13.5. The molecule has 0 saturated carbocycles. The molecular formula is C25H25N3O8. The van der Waals surface area contributed by atoms with E-state index in [1.54, 1.807) is 30.3 Å². The van der Waals surface area contributed by atoms with Gasteiger partial charge in [-0.2, -0.15) is 0 Å². The van der Waals surface area contributed by atoms with Crippen LogP contribution in [0, 0.1) is 6.92 Å². The van der Waals surface area contributed by atoms with Gasteiger partial charge in [-0.3, -0.25) is 4.79 Å². The van der Waals surface area contributed by atoms with Crippen molar-refractivity contribution in [3.05, 3.63) is 74.2 Å². The van der Waals surface area contributed by atoms with Crippen molar-refractivity contribution in [1.29, 1.82) is 0 Å². The lowest BCUT2D eigenvalue weighted by atomic mass is 9.87. The highest BCUT2D eigenvalue weighted by molar-refractivity contribution is 5.93. The normalized spacial score (nSPS) is 11.8. The molecule has 0 bridgehead atoms. The Hall–Kier alpha value is -4.67. The van der Waals surface area contributed by atoms with Gasteiger partial charge in [-0.15, -0.1) is 0 Å². The van der Waals surface area contributed by atoms with Crippen LogP contribution in [-0.4, -0.2) is 42.3 Å². The smallest absolute Gasteiger partial charge is 0.343 e. The number of ether oxygens (including phenoxy) is 3. The van der Waals surface area contributed by atoms with E-state index in [4.69, 9.17) is 18.6 Å². The number of aromatic nitrogens is 2. The summed E-state index contributed by atoms with van der Waals surface area (Å²) in [5.41, 5.74) is 0.694. The lowest BCUT2D eigenvalue weighted by molar-refractivity contribution is -0.116. The maximum Gasteiger partial charge on any atom is 0.343 e. The van der Waals surface area contributed by atoms with Gasteiger partial charge in [-0.25, -0.2) is 9.59 Å². The first-order chi connectivity index (χ1) is 17.2. The van der Waals surface area contributed by atoms with Gasteiger partial charge >= 0.3 is 11.3 Å². The van der Waals surface area contributed by atoms with Crippen LogP contribution in [0.3, 0.4) is 0 Å². The molecule has 0 spiro atoms. The molecule has 4 aromatic rings. The average molecular weight is 495 g/mol. The van der Waals surface area contributed by atoms with E-state index in [0.717, 1.165) is 0 Å². The molecule has 0 aliphatic heterocycles. The van der Waals surface area contributed by atoms with Crippen LogP contribution in [0.25, 0.3) is 11.0 Å². The molecule has 11 heteroatoms. The number of hydrogen-bond donors (Lipinski definition) is 4. The van der Waals surface area contributed by atoms with Crippen molar-refractivity contribution >= 4 is 22.6 Å². The molecule has 1 amide bonds. The lowest BCUT2D eigenvalue weighted by Crippen LogP contribution is -2.21. The van der Waals surface area contributed by atoms with Gasteiger partial charge in [0, 0.05) is 29.7 Å². The Kier molecular flexibility index (Phi) is 6.73. The van der Waals surface area contributed by atoms with Gasteiger partial charge in [0.1, 0.15) is 11.5 Å². The fraction of sp³-hybridized carbons (Fsp3) is 0.240. The quantitative estimate of drug-likeness (QED) is 0.291. The molecule has 0 aliphatic carbocycles. The zero-order valence-corrected chi connectivity index (χ0v) is 20.1. The molecule has 2 heterocycles. The predicted molar refractivity (Wildman–Crippen MR) is 131 cm³/mol. The van der Waals surface area contributed by atoms with Crippen LogP contribution in [0.15, 0.2) is 50.4 Å². The molecule has 188 valence electrons. The third-order valence-electron chi connectivity index (χ3n) is 5.74. The monoisotopic (exact) mass is 495 g/mol. The van der Waals surface area contributed by atoms with Crippen molar-refractivity contribution in [2.75, 3.05) is 26.6 Å². The Balaban J connectivity index is 1.78. The van der Waals surface area contributed by atoms with Gasteiger partial charge in [0.2, 0.25) is 11.7 Å². The third kappa shape index (κ3) is 4.63. The highest BCUT2D eigenvalue weighted by Crippen LogP contribution is 2.46. The van der Waals surface area contributed by atoms with Crippen molar-refractivity contribution in [3.8, 4) is 23.0 Å². The Morgan fingerprint density at radius 2 is 1.72 bits per heavy atom. The first kappa shape index (κ1) is 24.5. The number of anilines is 1. The van der Waals surface area contributed by atoms with E-state index in [9.17, 15) is 19.5 Å². The number of aromatic amines is 2. The second-order valence-corrected chi connectivity index (χ2v) is 8.01. The Bertz CT molecular complexity index is 1550. The molecular weight excluding hydrogens is 470 g/mol. The van der Waals surface area contributed by atoms with Crippen LogP contribution < -0.4 is 30.8 Å². The van der Waals surface area contributed by atoms with Crippen LogP contribution >= 0.6 is 0 Å². The van der Waals surface area contributed by atoms with Crippen LogP contribution in [0.4, 0.5) is 5.69 Å². The average Bonchev–Trinajstić information content (AvgIpc) is 3.20. The summed E-state index contributed by atoms with van der Waals surface area (Å²) in [6.45, 7) is 1.53. The molecule has 4 N–H and O–H groups in total. The molecule has 0 fully saturated rings. The number of fused-ring (bicyclic) bond motifs is 1. The summed E-state index contributed by atoms with van der Waals surface area (Å²) in [7, 11) is 4.32. The molecule has 2 aromatic heterocycles. The predicted octanol–water partition coefficient (Wildman–Crippen LogP) is 3.01. The summed E-state index contributed by atoms with van der Waals surface area (Å²) < 4.78 is 21.6. The molecule has 2 aromatic carbocycles. The number of methoxy groups -OCH3 is 3. The molecule has 0 radical (unpaired) electrons. The summed E-state index contributed by atoms with van der Waals surface area (Å²) in [5.74, 6) is -0.639. The van der Waals surface area contributed by atoms with Gasteiger partial charge in [-0.05, 0) is 31.2 Å². The minimum atomic E-state index is -0.965. The zero-order chi connectivity index (χ0) is 26.0. The molecule has 0 unspecified atom stereocenters. The zero-order valence-electron chi connectivity index (χ0n) is 20.1. The van der Waals surface area contributed by atoms with E-state index < -0.39 is 17.5 Å². The molecule has 36 heavy (non-hydrogen) atoms. The summed E-state index contributed by atoms with van der Waals surface area (Å²) in [6, 6.07) is 9.45. The second kappa shape index (κ2) is 9.90. The number of carbonyl (C=O) groups is 1. The first-order valence-corrected chi connectivity index (χ1v) is 10.9. The van der Waals surface area contributed by atoms with Gasteiger partial charge in [0.15, 0.2) is 11.5 Å². The maximum absolute atomic E-state index is 13.2. The van der Waals surface area contributed by atoms with Crippen LogP contribution in [0.5, 0.6) is 23.0 Å². The number of aromatic hydroxyl groups is 1. The largest absolute Gasteiger partial charge is 0.507 e. The molecule has 4 rings (SSSR count). The number of imidazole rings is 1. The third-order valence-corrected chi connectivity index (χ3v) is 5.74.